The number of carbonyl (C=O) groups is 1. The Labute approximate surface area is 175 Å². The fourth-order valence-electron chi connectivity index (χ4n) is 4.16. The quantitative estimate of drug-likeness (QED) is 0.656. The van der Waals surface area contributed by atoms with Crippen molar-refractivity contribution in [3.05, 3.63) is 48.7 Å². The van der Waals surface area contributed by atoms with Crippen LogP contribution in [-0.2, 0) is 16.1 Å². The molecule has 1 aromatic carbocycles. The maximum absolute atomic E-state index is 12.8. The number of anilines is 2. The van der Waals surface area contributed by atoms with Gasteiger partial charge in [0, 0.05) is 51.0 Å². The number of carbonyl (C=O) groups excluding carboxylic acids is 1. The Morgan fingerprint density at radius 1 is 0.833 bits per heavy atom. The van der Waals surface area contributed by atoms with Crippen molar-refractivity contribution in [1.82, 2.24) is 19.7 Å². The van der Waals surface area contributed by atoms with Gasteiger partial charge in [-0.25, -0.2) is 0 Å². The summed E-state index contributed by atoms with van der Waals surface area (Å²) in [4.78, 5) is 19.2. The van der Waals surface area contributed by atoms with Gasteiger partial charge >= 0.3 is 0 Å². The topological polar surface area (TPSA) is 66.7 Å². The lowest BCUT2D eigenvalue weighted by Crippen LogP contribution is -2.49. The van der Waals surface area contributed by atoms with Gasteiger partial charge in [-0.2, -0.15) is 0 Å². The van der Waals surface area contributed by atoms with Crippen molar-refractivity contribution in [3.63, 3.8) is 0 Å². The molecule has 0 unspecified atom stereocenters. The van der Waals surface area contributed by atoms with Crippen molar-refractivity contribution in [2.45, 2.75) is 6.54 Å². The second kappa shape index (κ2) is 8.31. The lowest BCUT2D eigenvalue weighted by molar-refractivity contribution is -0.132. The third-order valence-corrected chi connectivity index (χ3v) is 5.91. The highest BCUT2D eigenvalue weighted by Crippen LogP contribution is 2.19. The number of rotatable bonds is 4. The molecule has 4 heterocycles. The summed E-state index contributed by atoms with van der Waals surface area (Å²) in [6.07, 6.45) is 1.99. The van der Waals surface area contributed by atoms with Crippen LogP contribution in [0.4, 0.5) is 11.6 Å². The Morgan fingerprint density at radius 2 is 1.50 bits per heavy atom. The summed E-state index contributed by atoms with van der Waals surface area (Å²) in [5.74, 6) is 1.93. The fourth-order valence-corrected chi connectivity index (χ4v) is 4.16. The second-order valence-corrected chi connectivity index (χ2v) is 7.72. The van der Waals surface area contributed by atoms with Crippen molar-refractivity contribution in [2.24, 2.45) is 0 Å². The normalized spacial score (nSPS) is 17.5. The van der Waals surface area contributed by atoms with Gasteiger partial charge in [-0.15, -0.1) is 10.2 Å². The molecule has 30 heavy (non-hydrogen) atoms. The van der Waals surface area contributed by atoms with Crippen molar-refractivity contribution < 1.29 is 9.53 Å². The van der Waals surface area contributed by atoms with E-state index in [-0.39, 0.29) is 5.91 Å². The molecule has 2 saturated heterocycles. The number of nitrogens with zero attached hydrogens (tertiary/aromatic N) is 6. The van der Waals surface area contributed by atoms with Crippen LogP contribution in [0, 0.1) is 0 Å². The molecule has 3 aromatic rings. The van der Waals surface area contributed by atoms with Crippen molar-refractivity contribution >= 4 is 28.4 Å². The van der Waals surface area contributed by atoms with Crippen LogP contribution in [0.25, 0.3) is 10.9 Å². The first-order chi connectivity index (χ1) is 14.8. The third kappa shape index (κ3) is 3.82. The van der Waals surface area contributed by atoms with E-state index in [2.05, 4.69) is 38.2 Å². The van der Waals surface area contributed by atoms with Crippen molar-refractivity contribution in [2.75, 3.05) is 62.3 Å². The first kappa shape index (κ1) is 18.9. The first-order valence-electron chi connectivity index (χ1n) is 10.5. The minimum absolute atomic E-state index is 0.157. The fraction of sp³-hybridized carbons (Fsp3) is 0.409. The Hall–Kier alpha value is -3.13. The van der Waals surface area contributed by atoms with E-state index < -0.39 is 0 Å². The zero-order chi connectivity index (χ0) is 20.3. The standard InChI is InChI=1S/C22H26N6O2/c29-22(17-28-8-7-18-3-1-2-4-19(18)28)27-11-9-25(10-12-27)20-5-6-21(24-23-20)26-13-15-30-16-14-26/h1-8H,9-17H2. The van der Waals surface area contributed by atoms with Gasteiger partial charge in [-0.3, -0.25) is 4.79 Å². The number of benzene rings is 1. The molecular weight excluding hydrogens is 380 g/mol. The average Bonchev–Trinajstić information content (AvgIpc) is 3.23. The highest BCUT2D eigenvalue weighted by molar-refractivity contribution is 5.83. The zero-order valence-electron chi connectivity index (χ0n) is 17.0. The van der Waals surface area contributed by atoms with E-state index in [1.165, 1.54) is 0 Å². The molecule has 1 amide bonds. The van der Waals surface area contributed by atoms with Crippen LogP contribution in [0.15, 0.2) is 48.7 Å². The molecule has 156 valence electrons. The summed E-state index contributed by atoms with van der Waals surface area (Å²) < 4.78 is 7.42. The molecule has 0 bridgehead atoms. The molecule has 8 heteroatoms. The van der Waals surface area contributed by atoms with Gasteiger partial charge in [0.1, 0.15) is 6.54 Å². The highest BCUT2D eigenvalue weighted by Gasteiger charge is 2.23. The van der Waals surface area contributed by atoms with Crippen LogP contribution < -0.4 is 9.80 Å². The minimum atomic E-state index is 0.157. The van der Waals surface area contributed by atoms with Gasteiger partial charge in [-0.05, 0) is 29.7 Å². The number of amides is 1. The predicted molar refractivity (Wildman–Crippen MR) is 116 cm³/mol. The van der Waals surface area contributed by atoms with Gasteiger partial charge in [0.25, 0.3) is 0 Å². The number of hydrogen-bond donors (Lipinski definition) is 0. The number of fused-ring (bicyclic) bond motifs is 1. The van der Waals surface area contributed by atoms with E-state index in [0.29, 0.717) is 19.6 Å². The van der Waals surface area contributed by atoms with Gasteiger partial charge in [0.15, 0.2) is 11.6 Å². The Bertz CT molecular complexity index is 1000. The largest absolute Gasteiger partial charge is 0.378 e. The molecule has 0 atom stereocenters. The van der Waals surface area contributed by atoms with E-state index in [1.54, 1.807) is 0 Å². The molecule has 0 aliphatic carbocycles. The summed E-state index contributed by atoms with van der Waals surface area (Å²) in [5, 5.41) is 10.00. The molecule has 2 fully saturated rings. The predicted octanol–water partition coefficient (Wildman–Crippen LogP) is 1.62. The molecular formula is C22H26N6O2. The van der Waals surface area contributed by atoms with Crippen molar-refractivity contribution in [3.8, 4) is 0 Å². The Morgan fingerprint density at radius 3 is 2.20 bits per heavy atom. The molecule has 2 aliphatic heterocycles. The summed E-state index contributed by atoms with van der Waals surface area (Å²) in [6.45, 7) is 6.48. The van der Waals surface area contributed by atoms with Crippen LogP contribution in [0.1, 0.15) is 0 Å². The van der Waals surface area contributed by atoms with Gasteiger partial charge in [0.2, 0.25) is 5.91 Å². The Balaban J connectivity index is 1.17. The monoisotopic (exact) mass is 406 g/mol. The summed E-state index contributed by atoms with van der Waals surface area (Å²) in [7, 11) is 0. The van der Waals surface area contributed by atoms with Crippen LogP contribution >= 0.6 is 0 Å². The molecule has 0 saturated carbocycles. The smallest absolute Gasteiger partial charge is 0.242 e. The van der Waals surface area contributed by atoms with Crippen LogP contribution in [-0.4, -0.2) is 78.1 Å². The molecule has 2 aliphatic rings. The first-order valence-corrected chi connectivity index (χ1v) is 10.5. The molecule has 0 radical (unpaired) electrons. The van der Waals surface area contributed by atoms with Crippen molar-refractivity contribution in [1.29, 1.82) is 0 Å². The molecule has 0 spiro atoms. The van der Waals surface area contributed by atoms with Gasteiger partial charge < -0.3 is 24.0 Å². The summed E-state index contributed by atoms with van der Waals surface area (Å²) in [6, 6.07) is 14.3. The van der Waals surface area contributed by atoms with Crippen LogP contribution in [0.2, 0.25) is 0 Å². The molecule has 2 aromatic heterocycles. The lowest BCUT2D eigenvalue weighted by Gasteiger charge is -2.35. The zero-order valence-corrected chi connectivity index (χ0v) is 17.0. The number of hydrogen-bond acceptors (Lipinski definition) is 6. The van der Waals surface area contributed by atoms with Crippen LogP contribution in [0.3, 0.4) is 0 Å². The van der Waals surface area contributed by atoms with Gasteiger partial charge in [0.05, 0.1) is 13.2 Å². The number of para-hydroxylation sites is 1. The highest BCUT2D eigenvalue weighted by atomic mass is 16.5. The van der Waals surface area contributed by atoms with E-state index in [9.17, 15) is 4.79 Å². The minimum Gasteiger partial charge on any atom is -0.378 e. The van der Waals surface area contributed by atoms with E-state index in [0.717, 1.165) is 61.9 Å². The van der Waals surface area contributed by atoms with Crippen LogP contribution in [0.5, 0.6) is 0 Å². The summed E-state index contributed by atoms with van der Waals surface area (Å²) >= 11 is 0. The Kier molecular flexibility index (Phi) is 5.23. The number of morpholine rings is 1. The maximum atomic E-state index is 12.8. The number of piperazine rings is 1. The average molecular weight is 406 g/mol. The lowest BCUT2D eigenvalue weighted by atomic mass is 10.2. The van der Waals surface area contributed by atoms with E-state index in [4.69, 9.17) is 4.74 Å². The number of ether oxygens (including phenoxy) is 1. The summed E-state index contributed by atoms with van der Waals surface area (Å²) in [5.41, 5.74) is 1.10. The second-order valence-electron chi connectivity index (χ2n) is 7.72. The molecule has 8 nitrogen and oxygen atoms in total. The van der Waals surface area contributed by atoms with E-state index in [1.807, 2.05) is 39.9 Å². The molecule has 0 N–H and O–H groups in total. The maximum Gasteiger partial charge on any atom is 0.242 e. The number of aromatic nitrogens is 3. The van der Waals surface area contributed by atoms with E-state index >= 15 is 0 Å². The third-order valence-electron chi connectivity index (χ3n) is 5.91. The SMILES string of the molecule is O=C(Cn1ccc2ccccc21)N1CCN(c2ccc(N3CCOCC3)nn2)CC1. The molecule has 5 rings (SSSR count). The van der Waals surface area contributed by atoms with Gasteiger partial charge in [-0.1, -0.05) is 18.2 Å².